The van der Waals surface area contributed by atoms with Crippen molar-refractivity contribution in [1.82, 2.24) is 10.3 Å². The molecule has 2 aliphatic rings. The van der Waals surface area contributed by atoms with Gasteiger partial charge in [-0.05, 0) is 30.3 Å². The number of pyridine rings is 1. The van der Waals surface area contributed by atoms with E-state index in [1.165, 1.54) is 17.9 Å². The summed E-state index contributed by atoms with van der Waals surface area (Å²) in [7, 11) is -2.98. The number of aromatic nitrogens is 1. The monoisotopic (exact) mass is 462 g/mol. The maximum absolute atomic E-state index is 14.9. The maximum atomic E-state index is 14.9. The van der Waals surface area contributed by atoms with Gasteiger partial charge in [-0.15, -0.1) is 0 Å². The molecule has 0 aliphatic carbocycles. The number of cyclic esters (lactones) is 1. The third-order valence-electron chi connectivity index (χ3n) is 5.44. The predicted molar refractivity (Wildman–Crippen MR) is 117 cm³/mol. The highest BCUT2D eigenvalue weighted by molar-refractivity contribution is 7.91. The van der Waals surface area contributed by atoms with E-state index < -0.39 is 27.9 Å². The lowest BCUT2D eigenvalue weighted by Crippen LogP contribution is -2.40. The van der Waals surface area contributed by atoms with Gasteiger partial charge in [-0.3, -0.25) is 9.69 Å². The molecule has 2 aromatic rings. The number of nitrogens with zero attached hydrogens (tertiary/aromatic N) is 3. The van der Waals surface area contributed by atoms with Crippen LogP contribution in [0.4, 0.5) is 20.7 Å². The second kappa shape index (κ2) is 8.73. The fourth-order valence-electron chi connectivity index (χ4n) is 3.68. The second-order valence-corrected chi connectivity index (χ2v) is 10.1. The summed E-state index contributed by atoms with van der Waals surface area (Å²) in [5.41, 5.74) is 1.26. The minimum atomic E-state index is -2.98. The van der Waals surface area contributed by atoms with Gasteiger partial charge in [0.05, 0.1) is 30.3 Å². The number of nitrogens with one attached hydrogen (secondary N) is 1. The third-order valence-corrected chi connectivity index (χ3v) is 7.05. The molecule has 0 spiro atoms. The highest BCUT2D eigenvalue weighted by atomic mass is 32.2. The largest absolute Gasteiger partial charge is 0.442 e. The average molecular weight is 463 g/mol. The zero-order chi connectivity index (χ0) is 22.9. The van der Waals surface area contributed by atoms with Gasteiger partial charge in [0, 0.05) is 37.3 Å². The first-order valence-electron chi connectivity index (χ1n) is 10.2. The van der Waals surface area contributed by atoms with Gasteiger partial charge in [0.1, 0.15) is 17.7 Å². The highest BCUT2D eigenvalue weighted by Gasteiger charge is 2.32. The van der Waals surface area contributed by atoms with Crippen LogP contribution in [0.3, 0.4) is 0 Å². The van der Waals surface area contributed by atoms with E-state index in [2.05, 4.69) is 10.3 Å². The number of benzene rings is 1. The molecule has 2 fully saturated rings. The van der Waals surface area contributed by atoms with Gasteiger partial charge in [0.15, 0.2) is 9.84 Å². The van der Waals surface area contributed by atoms with Gasteiger partial charge < -0.3 is 15.0 Å². The molecule has 1 N–H and O–H groups in total. The van der Waals surface area contributed by atoms with Crippen LogP contribution in [0.25, 0.3) is 11.1 Å². The first-order valence-corrected chi connectivity index (χ1v) is 12.0. The Morgan fingerprint density at radius 3 is 2.62 bits per heavy atom. The lowest BCUT2D eigenvalue weighted by atomic mass is 10.1. The molecule has 11 heteroatoms. The maximum Gasteiger partial charge on any atom is 0.414 e. The topological polar surface area (TPSA) is 109 Å². The summed E-state index contributed by atoms with van der Waals surface area (Å²) < 4.78 is 43.3. The van der Waals surface area contributed by atoms with E-state index in [-0.39, 0.29) is 30.5 Å². The Morgan fingerprint density at radius 1 is 1.25 bits per heavy atom. The molecule has 1 atom stereocenters. The third kappa shape index (κ3) is 4.82. The Hall–Kier alpha value is -3.21. The molecule has 3 heterocycles. The fraction of sp³-hybridized carbons (Fsp3) is 0.381. The second-order valence-electron chi connectivity index (χ2n) is 7.76. The van der Waals surface area contributed by atoms with Crippen LogP contribution < -0.4 is 15.1 Å². The van der Waals surface area contributed by atoms with Crippen LogP contribution in [0.1, 0.15) is 6.92 Å². The molecule has 0 saturated carbocycles. The number of carbonyl (C=O) groups is 2. The van der Waals surface area contributed by atoms with Gasteiger partial charge in [-0.25, -0.2) is 22.6 Å². The molecule has 1 aromatic carbocycles. The highest BCUT2D eigenvalue weighted by Crippen LogP contribution is 2.29. The van der Waals surface area contributed by atoms with Crippen molar-refractivity contribution >= 4 is 33.3 Å². The van der Waals surface area contributed by atoms with Gasteiger partial charge in [-0.1, -0.05) is 0 Å². The average Bonchev–Trinajstić information content (AvgIpc) is 3.13. The number of anilines is 2. The summed E-state index contributed by atoms with van der Waals surface area (Å²) in [5, 5.41) is 2.60. The zero-order valence-electron chi connectivity index (χ0n) is 17.5. The van der Waals surface area contributed by atoms with Crippen LogP contribution in [0, 0.1) is 5.82 Å². The van der Waals surface area contributed by atoms with Crippen LogP contribution in [-0.2, 0) is 19.4 Å². The Morgan fingerprint density at radius 2 is 2.00 bits per heavy atom. The van der Waals surface area contributed by atoms with E-state index in [9.17, 15) is 22.4 Å². The number of amides is 2. The molecule has 32 heavy (non-hydrogen) atoms. The van der Waals surface area contributed by atoms with Crippen molar-refractivity contribution in [2.75, 3.05) is 47.5 Å². The normalized spacial score (nSPS) is 20.2. The van der Waals surface area contributed by atoms with Gasteiger partial charge in [-0.2, -0.15) is 0 Å². The molecule has 9 nitrogen and oxygen atoms in total. The van der Waals surface area contributed by atoms with Crippen molar-refractivity contribution in [3.05, 3.63) is 42.3 Å². The summed E-state index contributed by atoms with van der Waals surface area (Å²) in [6, 6.07) is 7.94. The number of ether oxygens (including phenoxy) is 1. The lowest BCUT2D eigenvalue weighted by molar-refractivity contribution is -0.119. The Labute approximate surface area is 185 Å². The quantitative estimate of drug-likeness (QED) is 0.719. The smallest absolute Gasteiger partial charge is 0.414 e. The van der Waals surface area contributed by atoms with Crippen molar-refractivity contribution in [3.63, 3.8) is 0 Å². The van der Waals surface area contributed by atoms with Crippen LogP contribution in [-0.4, -0.2) is 69.2 Å². The lowest BCUT2D eigenvalue weighted by Gasteiger charge is -2.27. The Kier molecular flexibility index (Phi) is 6.00. The molecule has 2 aliphatic heterocycles. The minimum Gasteiger partial charge on any atom is -0.442 e. The molecule has 1 aromatic heterocycles. The van der Waals surface area contributed by atoms with E-state index in [4.69, 9.17) is 4.74 Å². The number of rotatable bonds is 5. The molecule has 4 rings (SSSR count). The van der Waals surface area contributed by atoms with Gasteiger partial charge in [0.25, 0.3) is 0 Å². The van der Waals surface area contributed by atoms with Crippen molar-refractivity contribution in [2.24, 2.45) is 0 Å². The van der Waals surface area contributed by atoms with Gasteiger partial charge in [0.2, 0.25) is 5.91 Å². The fourth-order valence-corrected chi connectivity index (χ4v) is 4.88. The number of sulfone groups is 1. The molecule has 170 valence electrons. The van der Waals surface area contributed by atoms with Crippen LogP contribution in [0.2, 0.25) is 0 Å². The van der Waals surface area contributed by atoms with E-state index in [0.29, 0.717) is 35.7 Å². The molecular weight excluding hydrogens is 439 g/mol. The molecule has 0 bridgehead atoms. The van der Waals surface area contributed by atoms with Crippen LogP contribution >= 0.6 is 0 Å². The van der Waals surface area contributed by atoms with E-state index in [1.54, 1.807) is 30.5 Å². The van der Waals surface area contributed by atoms with E-state index >= 15 is 0 Å². The first kappa shape index (κ1) is 22.0. The number of hydrogen-bond acceptors (Lipinski definition) is 7. The summed E-state index contributed by atoms with van der Waals surface area (Å²) in [6.07, 6.45) is 0.446. The molecule has 0 radical (unpaired) electrons. The Bertz CT molecular complexity index is 1130. The molecule has 2 amide bonds. The Balaban J connectivity index is 1.45. The number of halogens is 1. The zero-order valence-corrected chi connectivity index (χ0v) is 18.3. The van der Waals surface area contributed by atoms with Gasteiger partial charge >= 0.3 is 6.09 Å². The molecule has 1 unspecified atom stereocenters. The summed E-state index contributed by atoms with van der Waals surface area (Å²) >= 11 is 0. The standard InChI is InChI=1S/C21H23FN4O5S/c1-14(27)23-12-17-13-26(21(28)31-17)16-3-4-18(19(22)10-16)15-2-5-20(24-11-15)25-6-8-32(29,30)9-7-25/h2-5,10-11,17H,6-9,12-13H2,1H3,(H,23,27). The number of carbonyl (C=O) groups excluding carboxylic acids is 2. The predicted octanol–water partition coefficient (Wildman–Crippen LogP) is 1.58. The minimum absolute atomic E-state index is 0.0944. The van der Waals surface area contributed by atoms with E-state index in [0.717, 1.165) is 0 Å². The van der Waals surface area contributed by atoms with Crippen LogP contribution in [0.15, 0.2) is 36.5 Å². The van der Waals surface area contributed by atoms with Crippen molar-refractivity contribution in [2.45, 2.75) is 13.0 Å². The van der Waals surface area contributed by atoms with Crippen molar-refractivity contribution in [3.8, 4) is 11.1 Å². The summed E-state index contributed by atoms with van der Waals surface area (Å²) in [5.74, 6) is 0.0959. The first-order chi connectivity index (χ1) is 15.2. The molecule has 2 saturated heterocycles. The SMILES string of the molecule is CC(=O)NCC1CN(c2ccc(-c3ccc(N4CCS(=O)(=O)CC4)nc3)c(F)c2)C(=O)O1. The summed E-state index contributed by atoms with van der Waals surface area (Å²) in [4.78, 5) is 30.8. The van der Waals surface area contributed by atoms with Crippen molar-refractivity contribution < 1.29 is 27.1 Å². The molecular formula is C21H23FN4O5S. The summed E-state index contributed by atoms with van der Waals surface area (Å²) in [6.45, 7) is 2.54. The number of hydrogen-bond donors (Lipinski definition) is 1. The van der Waals surface area contributed by atoms with E-state index in [1.807, 2.05) is 4.90 Å². The van der Waals surface area contributed by atoms with Crippen molar-refractivity contribution in [1.29, 1.82) is 0 Å². The van der Waals surface area contributed by atoms with Crippen LogP contribution in [0.5, 0.6) is 0 Å².